The Hall–Kier alpha value is -5.63. The van der Waals surface area contributed by atoms with Crippen LogP contribution in [0.15, 0.2) is 36.4 Å². The van der Waals surface area contributed by atoms with Crippen molar-refractivity contribution in [2.24, 2.45) is 0 Å². The number of unbranched alkanes of at least 4 members (excludes halogenated alkanes) is 8. The first-order valence-electron chi connectivity index (χ1n) is 24.3. The minimum atomic E-state index is -4.35. The molecule has 20 heteroatoms. The fraction of sp³-hybridized carbons (Fsp3) is 0.640. The Morgan fingerprint density at radius 1 is 0.800 bits per heavy atom. The maximum Gasteiger partial charge on any atom is 0.410 e. The van der Waals surface area contributed by atoms with E-state index in [4.69, 9.17) is 14.2 Å². The highest BCUT2D eigenvalue weighted by molar-refractivity contribution is 7.89. The molecule has 19 nitrogen and oxygen atoms in total. The number of sulfonamides is 1. The van der Waals surface area contributed by atoms with Gasteiger partial charge in [-0.3, -0.25) is 14.4 Å². The number of nitrogens with zero attached hydrogens (tertiary/aromatic N) is 2. The molecule has 0 fully saturated rings. The number of carbonyl (C=O) groups excluding carboxylic acids is 6. The molecule has 0 aliphatic carbocycles. The third kappa shape index (κ3) is 19.6. The van der Waals surface area contributed by atoms with Gasteiger partial charge >= 0.3 is 18.2 Å². The first-order chi connectivity index (χ1) is 32.8. The van der Waals surface area contributed by atoms with Crippen LogP contribution >= 0.6 is 0 Å². The number of phenols is 2. The Labute approximate surface area is 414 Å². The zero-order chi connectivity index (χ0) is 52.4. The van der Waals surface area contributed by atoms with Crippen molar-refractivity contribution < 1.29 is 61.6 Å². The predicted octanol–water partition coefficient (Wildman–Crippen LogP) is 6.34. The number of carbonyl (C=O) groups is 6. The molecule has 5 amide bonds. The molecule has 1 heterocycles. The minimum Gasteiger partial charge on any atom is -0.507 e. The van der Waals surface area contributed by atoms with Crippen LogP contribution in [0.2, 0.25) is 0 Å². The fourth-order valence-corrected chi connectivity index (χ4v) is 9.02. The van der Waals surface area contributed by atoms with Crippen molar-refractivity contribution >= 4 is 45.9 Å². The van der Waals surface area contributed by atoms with Crippen LogP contribution in [0, 0.1) is 0 Å². The molecule has 70 heavy (non-hydrogen) atoms. The van der Waals surface area contributed by atoms with Gasteiger partial charge in [0.25, 0.3) is 0 Å². The van der Waals surface area contributed by atoms with Gasteiger partial charge in [0.2, 0.25) is 27.7 Å². The molecule has 392 valence electrons. The molecule has 0 spiro atoms. The van der Waals surface area contributed by atoms with Gasteiger partial charge in [-0.15, -0.1) is 0 Å². The Morgan fingerprint density at radius 2 is 1.40 bits per heavy atom. The zero-order valence-corrected chi connectivity index (χ0v) is 43.6. The number of benzene rings is 2. The van der Waals surface area contributed by atoms with Crippen LogP contribution in [-0.4, -0.2) is 133 Å². The molecule has 4 atom stereocenters. The Bertz CT molecular complexity index is 2210. The second-order valence-corrected chi connectivity index (χ2v) is 21.7. The number of fused-ring (bicyclic) bond motifs is 5. The average molecular weight is 1000 g/mol. The van der Waals surface area contributed by atoms with E-state index in [2.05, 4.69) is 27.6 Å². The van der Waals surface area contributed by atoms with Gasteiger partial charge in [0.15, 0.2) is 0 Å². The summed E-state index contributed by atoms with van der Waals surface area (Å²) in [5.74, 6) is -4.42. The van der Waals surface area contributed by atoms with Crippen LogP contribution in [-0.2, 0) is 49.8 Å². The first-order valence-corrected chi connectivity index (χ1v) is 26.0. The Morgan fingerprint density at radius 3 is 2.01 bits per heavy atom. The number of aromatic hydroxyl groups is 2. The third-order valence-corrected chi connectivity index (χ3v) is 12.8. The van der Waals surface area contributed by atoms with Crippen LogP contribution in [0.5, 0.6) is 11.5 Å². The zero-order valence-electron chi connectivity index (χ0n) is 42.8. The molecule has 0 radical (unpaired) electrons. The number of nitrogens with one attached hydrogen (secondary N) is 4. The number of methoxy groups -OCH3 is 1. The van der Waals surface area contributed by atoms with Gasteiger partial charge < -0.3 is 50.2 Å². The fourth-order valence-electron chi connectivity index (χ4n) is 7.79. The predicted molar refractivity (Wildman–Crippen MR) is 265 cm³/mol. The van der Waals surface area contributed by atoms with E-state index in [0.29, 0.717) is 18.4 Å². The second-order valence-electron chi connectivity index (χ2n) is 19.9. The van der Waals surface area contributed by atoms with Gasteiger partial charge in [-0.1, -0.05) is 64.0 Å². The number of esters is 1. The molecule has 4 bridgehead atoms. The first kappa shape index (κ1) is 58.7. The number of amides is 5. The molecule has 0 saturated carbocycles. The molecule has 6 N–H and O–H groups in total. The van der Waals surface area contributed by atoms with E-state index in [1.54, 1.807) is 41.5 Å². The summed E-state index contributed by atoms with van der Waals surface area (Å²) < 4.78 is 46.6. The lowest BCUT2D eigenvalue weighted by Gasteiger charge is -2.32. The standard InChI is InChI=1S/C50H78N6O13S/c1-11-12-13-14-15-16-17-20-27-56(48(64)69-50(6,7)8)28-29-70(65,66)54-38(21-18-19-26-51-47(63)68-49(3,4)5)45(61)55(9)42-35-23-25-41(58)37(32-35)36-30-34(22-24-40(36)57)31-39(46(62)67-10)53-43(59)33(2)52-44(42)60/h22-25,30,32-33,38-39,42,54,57-58H,11-21,26-29,31H2,1-10H3,(H,51,63)(H,52,60)(H,53,59)/t33-,38-,39-,42-/m0/s1. The summed E-state index contributed by atoms with van der Waals surface area (Å²) in [6.45, 7) is 14.0. The lowest BCUT2D eigenvalue weighted by molar-refractivity contribution is -0.145. The van der Waals surface area contributed by atoms with Crippen molar-refractivity contribution in [1.82, 2.24) is 30.5 Å². The van der Waals surface area contributed by atoms with Crippen LogP contribution in [0.1, 0.15) is 143 Å². The minimum absolute atomic E-state index is 0.0653. The second kappa shape index (κ2) is 27.1. The highest BCUT2D eigenvalue weighted by Gasteiger charge is 2.37. The van der Waals surface area contributed by atoms with E-state index < -0.39 is 87.0 Å². The molecule has 3 rings (SSSR count). The van der Waals surface area contributed by atoms with E-state index in [1.807, 2.05) is 0 Å². The molecule has 1 aliphatic rings. The number of hydrogen-bond acceptors (Lipinski definition) is 13. The maximum atomic E-state index is 14.8. The van der Waals surface area contributed by atoms with Crippen molar-refractivity contribution in [3.63, 3.8) is 0 Å². The van der Waals surface area contributed by atoms with Crippen molar-refractivity contribution in [3.8, 4) is 22.6 Å². The van der Waals surface area contributed by atoms with Gasteiger partial charge in [0.05, 0.1) is 12.9 Å². The van der Waals surface area contributed by atoms with Crippen molar-refractivity contribution in [1.29, 1.82) is 0 Å². The normalized spacial score (nSPS) is 17.0. The van der Waals surface area contributed by atoms with Crippen LogP contribution < -0.4 is 20.7 Å². The molecule has 1 aliphatic heterocycles. The van der Waals surface area contributed by atoms with Gasteiger partial charge in [0.1, 0.15) is 46.9 Å². The van der Waals surface area contributed by atoms with Gasteiger partial charge in [0, 0.05) is 44.2 Å². The van der Waals surface area contributed by atoms with E-state index >= 15 is 0 Å². The summed E-state index contributed by atoms with van der Waals surface area (Å²) in [6, 6.07) is 2.92. The maximum absolute atomic E-state index is 14.8. The molecule has 0 saturated heterocycles. The lowest BCUT2D eigenvalue weighted by atomic mass is 9.93. The molecular formula is C50H78N6O13S. The van der Waals surface area contributed by atoms with Crippen molar-refractivity contribution in [2.45, 2.75) is 168 Å². The van der Waals surface area contributed by atoms with Crippen molar-refractivity contribution in [2.75, 3.05) is 39.5 Å². The number of alkyl carbamates (subject to hydrolysis) is 1. The van der Waals surface area contributed by atoms with E-state index in [9.17, 15) is 47.4 Å². The quantitative estimate of drug-likeness (QED) is 0.0428. The number of rotatable bonds is 22. The van der Waals surface area contributed by atoms with Crippen LogP contribution in [0.3, 0.4) is 0 Å². The summed E-state index contributed by atoms with van der Waals surface area (Å²) >= 11 is 0. The molecular weight excluding hydrogens is 925 g/mol. The summed E-state index contributed by atoms with van der Waals surface area (Å²) in [5.41, 5.74) is -0.814. The highest BCUT2D eigenvalue weighted by Crippen LogP contribution is 2.39. The topological polar surface area (TPSA) is 259 Å². The monoisotopic (exact) mass is 1000 g/mol. The number of ether oxygens (including phenoxy) is 3. The highest BCUT2D eigenvalue weighted by atomic mass is 32.2. The number of hydrogen-bond donors (Lipinski definition) is 6. The Balaban J connectivity index is 2.02. The smallest absolute Gasteiger partial charge is 0.410 e. The number of phenolic OH excluding ortho intramolecular Hbond substituents is 2. The SMILES string of the molecule is CCCCCCCCCCN(CCS(=O)(=O)N[C@@H](CCCCNC(=O)OC(C)(C)C)C(=O)N(C)[C@@H]1C(=O)N[C@@H](C)C(=O)N[C@H](C(=O)OC)Cc2ccc(O)c(c2)-c2cc1ccc2O)C(=O)OC(C)(C)C. The molecule has 0 aromatic heterocycles. The number of likely N-dealkylation sites (N-methyl/N-ethyl adjacent to an activating group) is 1. The van der Waals surface area contributed by atoms with Gasteiger partial charge in [-0.2, -0.15) is 0 Å². The molecule has 0 unspecified atom stereocenters. The Kier molecular flexibility index (Phi) is 22.7. The third-order valence-electron chi connectivity index (χ3n) is 11.4. The van der Waals surface area contributed by atoms with Crippen LogP contribution in [0.25, 0.3) is 11.1 Å². The summed E-state index contributed by atoms with van der Waals surface area (Å²) in [5, 5.41) is 30.0. The largest absolute Gasteiger partial charge is 0.507 e. The van der Waals surface area contributed by atoms with E-state index in [-0.39, 0.29) is 67.1 Å². The molecule has 2 aromatic carbocycles. The van der Waals surface area contributed by atoms with Gasteiger partial charge in [-0.05, 0) is 110 Å². The van der Waals surface area contributed by atoms with E-state index in [1.165, 1.54) is 61.7 Å². The van der Waals surface area contributed by atoms with Crippen LogP contribution in [0.4, 0.5) is 9.59 Å². The van der Waals surface area contributed by atoms with Gasteiger partial charge in [-0.25, -0.2) is 27.5 Å². The van der Waals surface area contributed by atoms with E-state index in [0.717, 1.165) is 50.5 Å². The van der Waals surface area contributed by atoms with Crippen molar-refractivity contribution in [3.05, 3.63) is 47.5 Å². The average Bonchev–Trinajstić information content (AvgIpc) is 3.26. The summed E-state index contributed by atoms with van der Waals surface area (Å²) in [6.07, 6.45) is 7.12. The summed E-state index contributed by atoms with van der Waals surface area (Å²) in [7, 11) is -1.91. The summed E-state index contributed by atoms with van der Waals surface area (Å²) in [4.78, 5) is 83.8. The lowest BCUT2D eigenvalue weighted by Crippen LogP contribution is -2.55. The molecule has 2 aromatic rings.